The molecule has 0 unspecified atom stereocenters. The Bertz CT molecular complexity index is 902. The summed E-state index contributed by atoms with van der Waals surface area (Å²) in [5.74, 6) is 0.0799. The van der Waals surface area contributed by atoms with E-state index < -0.39 is 0 Å². The Hall–Kier alpha value is -2.73. The minimum atomic E-state index is 0.0799. The van der Waals surface area contributed by atoms with Crippen LogP contribution in [0.1, 0.15) is 30.1 Å². The average molecular weight is 350 g/mol. The van der Waals surface area contributed by atoms with Gasteiger partial charge in [-0.05, 0) is 30.2 Å². The molecule has 1 atom stereocenters. The number of aromatic nitrogens is 3. The van der Waals surface area contributed by atoms with E-state index >= 15 is 0 Å². The summed E-state index contributed by atoms with van der Waals surface area (Å²) in [6, 6.07) is 9.73. The van der Waals surface area contributed by atoms with Crippen molar-refractivity contribution in [3.8, 4) is 11.1 Å². The standard InChI is InChI=1S/C20H22N4O2/c1-2-4-17-14-26-12-11-23(17)20(25)16-7-5-15(6-8-16)18-13-22-24-10-3-9-21-19(18)24/h3,5-10,13,17H,2,4,11-12,14H2,1H3/t17-/m0/s1. The first-order chi connectivity index (χ1) is 12.8. The maximum absolute atomic E-state index is 12.9. The van der Waals surface area contributed by atoms with Crippen LogP contribution in [0.2, 0.25) is 0 Å². The monoisotopic (exact) mass is 350 g/mol. The van der Waals surface area contributed by atoms with Gasteiger partial charge in [-0.2, -0.15) is 5.10 Å². The predicted octanol–water partition coefficient (Wildman–Crippen LogP) is 3.04. The van der Waals surface area contributed by atoms with E-state index in [4.69, 9.17) is 4.74 Å². The molecule has 6 heteroatoms. The quantitative estimate of drug-likeness (QED) is 0.726. The van der Waals surface area contributed by atoms with Gasteiger partial charge in [0.25, 0.3) is 5.91 Å². The molecule has 0 bridgehead atoms. The molecule has 6 nitrogen and oxygen atoms in total. The van der Waals surface area contributed by atoms with Crippen LogP contribution in [0.15, 0.2) is 48.9 Å². The molecule has 0 saturated carbocycles. The van der Waals surface area contributed by atoms with Gasteiger partial charge in [0.2, 0.25) is 0 Å². The fourth-order valence-electron chi connectivity index (χ4n) is 3.48. The molecule has 0 N–H and O–H groups in total. The number of carbonyl (C=O) groups excluding carboxylic acids is 1. The van der Waals surface area contributed by atoms with Crippen LogP contribution < -0.4 is 0 Å². The fraction of sp³-hybridized carbons (Fsp3) is 0.350. The van der Waals surface area contributed by atoms with Crippen molar-refractivity contribution in [2.75, 3.05) is 19.8 Å². The Morgan fingerprint density at radius 2 is 2.15 bits per heavy atom. The second-order valence-corrected chi connectivity index (χ2v) is 6.54. The predicted molar refractivity (Wildman–Crippen MR) is 99.0 cm³/mol. The summed E-state index contributed by atoms with van der Waals surface area (Å²) in [6.07, 6.45) is 7.44. The average Bonchev–Trinajstić information content (AvgIpc) is 3.12. The van der Waals surface area contributed by atoms with E-state index in [1.165, 1.54) is 0 Å². The second-order valence-electron chi connectivity index (χ2n) is 6.54. The summed E-state index contributed by atoms with van der Waals surface area (Å²) in [7, 11) is 0. The lowest BCUT2D eigenvalue weighted by atomic mass is 10.0. The summed E-state index contributed by atoms with van der Waals surface area (Å²) in [4.78, 5) is 19.3. The van der Waals surface area contributed by atoms with E-state index in [0.29, 0.717) is 25.3 Å². The number of ether oxygens (including phenoxy) is 1. The zero-order valence-corrected chi connectivity index (χ0v) is 14.8. The second kappa shape index (κ2) is 7.25. The number of hydrogen-bond acceptors (Lipinski definition) is 4. The summed E-state index contributed by atoms with van der Waals surface area (Å²) >= 11 is 0. The van der Waals surface area contributed by atoms with E-state index in [2.05, 4.69) is 17.0 Å². The molecule has 26 heavy (non-hydrogen) atoms. The normalized spacial score (nSPS) is 17.6. The Morgan fingerprint density at radius 3 is 2.96 bits per heavy atom. The highest BCUT2D eigenvalue weighted by Crippen LogP contribution is 2.24. The van der Waals surface area contributed by atoms with Crippen molar-refractivity contribution in [2.45, 2.75) is 25.8 Å². The lowest BCUT2D eigenvalue weighted by molar-refractivity contribution is -0.00433. The van der Waals surface area contributed by atoms with Gasteiger partial charge in [-0.3, -0.25) is 4.79 Å². The van der Waals surface area contributed by atoms with Crippen molar-refractivity contribution < 1.29 is 9.53 Å². The van der Waals surface area contributed by atoms with Crippen LogP contribution in [0.4, 0.5) is 0 Å². The molecule has 134 valence electrons. The molecule has 1 aliphatic heterocycles. The van der Waals surface area contributed by atoms with Crippen molar-refractivity contribution in [1.29, 1.82) is 0 Å². The molecular formula is C20H22N4O2. The topological polar surface area (TPSA) is 59.7 Å². The minimum Gasteiger partial charge on any atom is -0.377 e. The van der Waals surface area contributed by atoms with Crippen LogP contribution in [-0.4, -0.2) is 51.2 Å². The maximum Gasteiger partial charge on any atom is 0.254 e. The molecule has 1 amide bonds. The molecule has 1 aliphatic rings. The summed E-state index contributed by atoms with van der Waals surface area (Å²) in [6.45, 7) is 4.03. The first-order valence-corrected chi connectivity index (χ1v) is 9.05. The van der Waals surface area contributed by atoms with Gasteiger partial charge in [-0.15, -0.1) is 0 Å². The third kappa shape index (κ3) is 3.08. The number of fused-ring (bicyclic) bond motifs is 1. The molecular weight excluding hydrogens is 328 g/mol. The van der Waals surface area contributed by atoms with E-state index in [9.17, 15) is 4.79 Å². The summed E-state index contributed by atoms with van der Waals surface area (Å²) in [5, 5.41) is 4.32. The van der Waals surface area contributed by atoms with Crippen molar-refractivity contribution in [3.63, 3.8) is 0 Å². The number of nitrogens with zero attached hydrogens (tertiary/aromatic N) is 4. The van der Waals surface area contributed by atoms with Crippen molar-refractivity contribution >= 4 is 11.6 Å². The third-order valence-corrected chi connectivity index (χ3v) is 4.83. The van der Waals surface area contributed by atoms with Crippen molar-refractivity contribution in [3.05, 3.63) is 54.5 Å². The number of carbonyl (C=O) groups is 1. The van der Waals surface area contributed by atoms with Gasteiger partial charge in [0.05, 0.1) is 25.5 Å². The zero-order chi connectivity index (χ0) is 17.9. The van der Waals surface area contributed by atoms with Gasteiger partial charge in [0.1, 0.15) is 0 Å². The SMILES string of the molecule is CCC[C@H]1COCCN1C(=O)c1ccc(-c2cnn3cccnc23)cc1. The van der Waals surface area contributed by atoms with Crippen LogP contribution in [0, 0.1) is 0 Å². The summed E-state index contributed by atoms with van der Waals surface area (Å²) in [5.41, 5.74) is 3.48. The largest absolute Gasteiger partial charge is 0.377 e. The van der Waals surface area contributed by atoms with Gasteiger partial charge in [0, 0.05) is 30.1 Å². The first-order valence-electron chi connectivity index (χ1n) is 9.05. The van der Waals surface area contributed by atoms with E-state index in [1.807, 2.05) is 41.4 Å². The summed E-state index contributed by atoms with van der Waals surface area (Å²) < 4.78 is 7.30. The number of benzene rings is 1. The van der Waals surface area contributed by atoms with E-state index in [1.54, 1.807) is 16.9 Å². The van der Waals surface area contributed by atoms with Crippen LogP contribution >= 0.6 is 0 Å². The number of rotatable bonds is 4. The van der Waals surface area contributed by atoms with E-state index in [0.717, 1.165) is 29.6 Å². The van der Waals surface area contributed by atoms with Crippen LogP contribution in [-0.2, 0) is 4.74 Å². The number of morpholine rings is 1. The lowest BCUT2D eigenvalue weighted by Gasteiger charge is -2.35. The lowest BCUT2D eigenvalue weighted by Crippen LogP contribution is -2.48. The smallest absolute Gasteiger partial charge is 0.254 e. The highest BCUT2D eigenvalue weighted by atomic mass is 16.5. The molecule has 4 rings (SSSR count). The van der Waals surface area contributed by atoms with E-state index in [-0.39, 0.29) is 11.9 Å². The molecule has 2 aromatic heterocycles. The molecule has 1 aromatic carbocycles. The fourth-order valence-corrected chi connectivity index (χ4v) is 3.48. The molecule has 3 aromatic rings. The van der Waals surface area contributed by atoms with Crippen LogP contribution in [0.3, 0.4) is 0 Å². The Kier molecular flexibility index (Phi) is 4.67. The number of amides is 1. The maximum atomic E-state index is 12.9. The molecule has 0 spiro atoms. The van der Waals surface area contributed by atoms with Gasteiger partial charge in [0.15, 0.2) is 5.65 Å². The highest BCUT2D eigenvalue weighted by molar-refractivity contribution is 5.95. The van der Waals surface area contributed by atoms with Gasteiger partial charge < -0.3 is 9.64 Å². The van der Waals surface area contributed by atoms with Gasteiger partial charge >= 0.3 is 0 Å². The van der Waals surface area contributed by atoms with Gasteiger partial charge in [-0.1, -0.05) is 25.5 Å². The molecule has 1 saturated heterocycles. The van der Waals surface area contributed by atoms with Crippen LogP contribution in [0.25, 0.3) is 16.8 Å². The Morgan fingerprint density at radius 1 is 1.31 bits per heavy atom. The van der Waals surface area contributed by atoms with Gasteiger partial charge in [-0.25, -0.2) is 9.50 Å². The first kappa shape index (κ1) is 16.7. The molecule has 3 heterocycles. The van der Waals surface area contributed by atoms with Crippen LogP contribution in [0.5, 0.6) is 0 Å². The number of hydrogen-bond donors (Lipinski definition) is 0. The highest BCUT2D eigenvalue weighted by Gasteiger charge is 2.27. The minimum absolute atomic E-state index is 0.0799. The molecule has 0 radical (unpaired) electrons. The van der Waals surface area contributed by atoms with Crippen molar-refractivity contribution in [2.24, 2.45) is 0 Å². The Labute approximate surface area is 152 Å². The third-order valence-electron chi connectivity index (χ3n) is 4.83. The zero-order valence-electron chi connectivity index (χ0n) is 14.8. The molecule has 1 fully saturated rings. The Balaban J connectivity index is 1.58. The molecule has 0 aliphatic carbocycles. The van der Waals surface area contributed by atoms with Crippen molar-refractivity contribution in [1.82, 2.24) is 19.5 Å².